The lowest BCUT2D eigenvalue weighted by Gasteiger charge is -2.57. The summed E-state index contributed by atoms with van der Waals surface area (Å²) in [6.07, 6.45) is 8.73. The van der Waals surface area contributed by atoms with Gasteiger partial charge in [0.25, 0.3) is 0 Å². The largest absolute Gasteiger partial charge is 0.310 e. The topological polar surface area (TPSA) is 8.17 Å². The van der Waals surface area contributed by atoms with Crippen molar-refractivity contribution in [1.82, 2.24) is 4.57 Å². The number of para-hydroxylation sites is 2. The van der Waals surface area contributed by atoms with Crippen molar-refractivity contribution in [3.63, 3.8) is 0 Å². The Morgan fingerprint density at radius 2 is 0.873 bits per heavy atom. The number of benzene rings is 8. The summed E-state index contributed by atoms with van der Waals surface area (Å²) in [5.41, 5.74) is 19.4. The van der Waals surface area contributed by atoms with Gasteiger partial charge in [0.15, 0.2) is 0 Å². The number of fused-ring (bicyclic) bond motifs is 6. The second-order valence-corrected chi connectivity index (χ2v) is 20.0. The first-order chi connectivity index (χ1) is 30.9. The maximum absolute atomic E-state index is 2.47. The third kappa shape index (κ3) is 5.83. The van der Waals surface area contributed by atoms with E-state index in [1.54, 1.807) is 5.56 Å². The minimum absolute atomic E-state index is 0.0967. The van der Waals surface area contributed by atoms with Gasteiger partial charge >= 0.3 is 0 Å². The van der Waals surface area contributed by atoms with E-state index in [2.05, 4.69) is 211 Å². The number of nitrogens with zero attached hydrogens (tertiary/aromatic N) is 2. The van der Waals surface area contributed by atoms with Gasteiger partial charge in [0.2, 0.25) is 0 Å². The van der Waals surface area contributed by atoms with E-state index in [4.69, 9.17) is 0 Å². The van der Waals surface area contributed by atoms with Crippen molar-refractivity contribution in [2.75, 3.05) is 4.90 Å². The van der Waals surface area contributed by atoms with E-state index in [-0.39, 0.29) is 5.41 Å². The second-order valence-electron chi connectivity index (χ2n) is 20.0. The van der Waals surface area contributed by atoms with Crippen molar-refractivity contribution in [3.8, 4) is 39.1 Å². The van der Waals surface area contributed by atoms with Crippen molar-refractivity contribution < 1.29 is 0 Å². The van der Waals surface area contributed by atoms with E-state index in [9.17, 15) is 0 Å². The third-order valence-electron chi connectivity index (χ3n) is 16.0. The molecule has 0 saturated heterocycles. The molecule has 8 aromatic carbocycles. The first-order valence-corrected chi connectivity index (χ1v) is 23.3. The quantitative estimate of drug-likeness (QED) is 0.156. The molecule has 0 amide bonds. The summed E-state index contributed by atoms with van der Waals surface area (Å²) in [5.74, 6) is 2.90. The molecular formula is C61H52N2. The van der Waals surface area contributed by atoms with Crippen molar-refractivity contribution in [3.05, 3.63) is 205 Å². The van der Waals surface area contributed by atoms with Gasteiger partial charge in [-0.25, -0.2) is 0 Å². The first kappa shape index (κ1) is 37.0. The third-order valence-corrected chi connectivity index (χ3v) is 16.0. The van der Waals surface area contributed by atoms with E-state index < -0.39 is 0 Å². The summed E-state index contributed by atoms with van der Waals surface area (Å²) in [4.78, 5) is 2.43. The Kier molecular flexibility index (Phi) is 8.17. The molecule has 5 aliphatic carbocycles. The Morgan fingerprint density at radius 3 is 1.44 bits per heavy atom. The molecular weight excluding hydrogens is 761 g/mol. The van der Waals surface area contributed by atoms with Gasteiger partial charge in [-0.15, -0.1) is 0 Å². The van der Waals surface area contributed by atoms with Crippen LogP contribution >= 0.6 is 0 Å². The van der Waals surface area contributed by atoms with Gasteiger partial charge in [-0.05, 0) is 172 Å². The van der Waals surface area contributed by atoms with Crippen LogP contribution in [-0.4, -0.2) is 4.57 Å². The molecule has 1 aromatic heterocycles. The number of hydrogen-bond acceptors (Lipinski definition) is 1. The highest BCUT2D eigenvalue weighted by Crippen LogP contribution is 2.61. The highest BCUT2D eigenvalue weighted by atomic mass is 15.1. The van der Waals surface area contributed by atoms with Crippen LogP contribution in [0.15, 0.2) is 188 Å². The summed E-state index contributed by atoms with van der Waals surface area (Å²) in [5, 5.41) is 2.55. The standard InChI is InChI=1S/C61H52N2/c1-60(2)56-12-6-3-9-52(56)53-32-31-51(36-57(53)60)62(49-27-29-50(30-28-49)63-58-13-7-4-10-54(58)55-11-5-8-14-59(55)63)48-25-21-46(22-26-48)44-17-15-43(16-18-44)45-19-23-47(24-20-45)61-37-40-33-41(38-61)35-42(34-40)39-61/h3-32,36,40-42H,33-35,37-39H2,1-2H3. The molecule has 4 saturated carbocycles. The smallest absolute Gasteiger partial charge is 0.0541 e. The van der Waals surface area contributed by atoms with Crippen LogP contribution in [0.2, 0.25) is 0 Å². The van der Waals surface area contributed by atoms with E-state index in [1.165, 1.54) is 105 Å². The molecule has 5 aliphatic rings. The Hall–Kier alpha value is -6.64. The molecule has 2 nitrogen and oxygen atoms in total. The predicted molar refractivity (Wildman–Crippen MR) is 264 cm³/mol. The summed E-state index contributed by atoms with van der Waals surface area (Å²) in [6, 6.07) is 70.7. The summed E-state index contributed by atoms with van der Waals surface area (Å²) in [7, 11) is 0. The Morgan fingerprint density at radius 1 is 0.429 bits per heavy atom. The van der Waals surface area contributed by atoms with Crippen molar-refractivity contribution >= 4 is 38.9 Å². The highest BCUT2D eigenvalue weighted by Gasteiger charge is 2.51. The zero-order valence-electron chi connectivity index (χ0n) is 36.3. The molecule has 0 atom stereocenters. The van der Waals surface area contributed by atoms with Gasteiger partial charge in [-0.2, -0.15) is 0 Å². The lowest BCUT2D eigenvalue weighted by Crippen LogP contribution is -2.48. The number of rotatable bonds is 7. The number of hydrogen-bond donors (Lipinski definition) is 0. The lowest BCUT2D eigenvalue weighted by molar-refractivity contribution is -0.00518. The minimum Gasteiger partial charge on any atom is -0.310 e. The van der Waals surface area contributed by atoms with Crippen LogP contribution < -0.4 is 4.90 Å². The monoisotopic (exact) mass is 812 g/mol. The van der Waals surface area contributed by atoms with Gasteiger partial charge in [0, 0.05) is 38.9 Å². The normalized spacial score (nSPS) is 21.5. The molecule has 0 spiro atoms. The van der Waals surface area contributed by atoms with Gasteiger partial charge in [-0.3, -0.25) is 0 Å². The first-order valence-electron chi connectivity index (χ1n) is 23.3. The maximum Gasteiger partial charge on any atom is 0.0541 e. The van der Waals surface area contributed by atoms with Gasteiger partial charge in [0.1, 0.15) is 0 Å². The van der Waals surface area contributed by atoms with Crippen LogP contribution in [0.3, 0.4) is 0 Å². The Balaban J connectivity index is 0.831. The fraction of sp³-hybridized carbons (Fsp3) is 0.213. The van der Waals surface area contributed by atoms with E-state index >= 15 is 0 Å². The Labute approximate surface area is 371 Å². The molecule has 4 bridgehead atoms. The zero-order valence-corrected chi connectivity index (χ0v) is 36.3. The zero-order chi connectivity index (χ0) is 41.9. The minimum atomic E-state index is -0.0967. The number of aromatic nitrogens is 1. The van der Waals surface area contributed by atoms with Gasteiger partial charge < -0.3 is 9.47 Å². The molecule has 4 fully saturated rings. The fourth-order valence-electron chi connectivity index (χ4n) is 13.4. The van der Waals surface area contributed by atoms with E-state index in [1.807, 2.05) is 0 Å². The number of anilines is 3. The molecule has 0 aliphatic heterocycles. The molecule has 1 heterocycles. The Bertz CT molecular complexity index is 3110. The molecule has 63 heavy (non-hydrogen) atoms. The second kappa shape index (κ2) is 13.9. The van der Waals surface area contributed by atoms with E-state index in [0.29, 0.717) is 5.41 Å². The van der Waals surface area contributed by atoms with E-state index in [0.717, 1.165) is 40.5 Å². The van der Waals surface area contributed by atoms with Crippen LogP contribution in [0.1, 0.15) is 69.1 Å². The molecule has 14 rings (SSSR count). The molecule has 9 aromatic rings. The van der Waals surface area contributed by atoms with Crippen LogP contribution in [0, 0.1) is 17.8 Å². The van der Waals surface area contributed by atoms with Crippen molar-refractivity contribution in [1.29, 1.82) is 0 Å². The van der Waals surface area contributed by atoms with Crippen LogP contribution in [-0.2, 0) is 10.8 Å². The fourth-order valence-corrected chi connectivity index (χ4v) is 13.4. The van der Waals surface area contributed by atoms with Crippen molar-refractivity contribution in [2.45, 2.75) is 63.2 Å². The highest BCUT2D eigenvalue weighted by molar-refractivity contribution is 6.09. The van der Waals surface area contributed by atoms with Gasteiger partial charge in [-0.1, -0.05) is 141 Å². The van der Waals surface area contributed by atoms with Crippen molar-refractivity contribution in [2.24, 2.45) is 17.8 Å². The molecule has 0 N–H and O–H groups in total. The maximum atomic E-state index is 2.47. The SMILES string of the molecule is CC1(C)c2ccccc2-c2ccc(N(c3ccc(-c4ccc(-c5ccc(C67CC8CC(CC(C8)C6)C7)cc5)cc4)cc3)c3ccc(-n4c5ccccc5c5ccccc54)cc3)cc21. The summed E-state index contributed by atoms with van der Waals surface area (Å²) in [6.45, 7) is 4.73. The lowest BCUT2D eigenvalue weighted by atomic mass is 9.48. The average Bonchev–Trinajstić information content (AvgIpc) is 3.77. The van der Waals surface area contributed by atoms with Crippen LogP contribution in [0.4, 0.5) is 17.1 Å². The van der Waals surface area contributed by atoms with Crippen LogP contribution in [0.5, 0.6) is 0 Å². The molecule has 0 radical (unpaired) electrons. The summed E-state index contributed by atoms with van der Waals surface area (Å²) >= 11 is 0. The molecule has 0 unspecified atom stereocenters. The predicted octanol–water partition coefficient (Wildman–Crippen LogP) is 16.4. The molecule has 2 heteroatoms. The average molecular weight is 813 g/mol. The summed E-state index contributed by atoms with van der Waals surface area (Å²) < 4.78 is 2.40. The molecule has 306 valence electrons. The van der Waals surface area contributed by atoms with Gasteiger partial charge in [0.05, 0.1) is 11.0 Å². The van der Waals surface area contributed by atoms with Crippen LogP contribution in [0.25, 0.3) is 60.9 Å².